The third-order valence-electron chi connectivity index (χ3n) is 2.70. The predicted octanol–water partition coefficient (Wildman–Crippen LogP) is 2.75. The summed E-state index contributed by atoms with van der Waals surface area (Å²) >= 11 is 0. The van der Waals surface area contributed by atoms with Gasteiger partial charge in [-0.15, -0.1) is 0 Å². The molecule has 0 amide bonds. The number of benzene rings is 1. The molecule has 0 saturated carbocycles. The van der Waals surface area contributed by atoms with E-state index in [1.165, 1.54) is 35.2 Å². The predicted molar refractivity (Wildman–Crippen MR) is 56.6 cm³/mol. The van der Waals surface area contributed by atoms with Crippen molar-refractivity contribution in [3.63, 3.8) is 0 Å². The monoisotopic (exact) mass is 173 g/mol. The molecule has 0 radical (unpaired) electrons. The van der Waals surface area contributed by atoms with E-state index in [4.69, 9.17) is 0 Å². The lowest BCUT2D eigenvalue weighted by molar-refractivity contribution is 0.836. The van der Waals surface area contributed by atoms with E-state index in [1.807, 2.05) is 7.05 Å². The van der Waals surface area contributed by atoms with Gasteiger partial charge in [-0.05, 0) is 37.3 Å². The number of hydrogen-bond acceptors (Lipinski definition) is 1. The van der Waals surface area contributed by atoms with Gasteiger partial charge in [0.2, 0.25) is 0 Å². The summed E-state index contributed by atoms with van der Waals surface area (Å²) in [5.41, 5.74) is 5.49. The lowest BCUT2D eigenvalue weighted by Crippen LogP contribution is -2.11. The molecule has 0 N–H and O–H groups in total. The maximum Gasteiger partial charge on any atom is 0.0420 e. The van der Waals surface area contributed by atoms with Crippen molar-refractivity contribution in [2.45, 2.75) is 26.2 Å². The Labute approximate surface area is 79.5 Å². The van der Waals surface area contributed by atoms with E-state index in [0.29, 0.717) is 0 Å². The number of aryl methyl sites for hydroxylation is 2. The van der Waals surface area contributed by atoms with E-state index >= 15 is 0 Å². The van der Waals surface area contributed by atoms with Crippen LogP contribution >= 0.6 is 0 Å². The first-order valence-electron chi connectivity index (χ1n) is 4.87. The zero-order valence-electron chi connectivity index (χ0n) is 8.30. The highest BCUT2D eigenvalue weighted by molar-refractivity contribution is 6.02. The van der Waals surface area contributed by atoms with Gasteiger partial charge in [-0.1, -0.05) is 23.8 Å². The molecule has 0 aliphatic heterocycles. The van der Waals surface area contributed by atoms with Gasteiger partial charge in [0.05, 0.1) is 0 Å². The number of fused-ring (bicyclic) bond motifs is 1. The molecule has 0 heterocycles. The molecular formula is C12H15N. The molecule has 0 aromatic heterocycles. The number of hydrogen-bond donors (Lipinski definition) is 0. The Morgan fingerprint density at radius 2 is 2.08 bits per heavy atom. The van der Waals surface area contributed by atoms with Crippen molar-refractivity contribution in [3.05, 3.63) is 34.9 Å². The quantitative estimate of drug-likeness (QED) is 0.572. The smallest absolute Gasteiger partial charge is 0.0420 e. The van der Waals surface area contributed by atoms with Crippen LogP contribution in [0.5, 0.6) is 0 Å². The van der Waals surface area contributed by atoms with E-state index in [-0.39, 0.29) is 0 Å². The van der Waals surface area contributed by atoms with Gasteiger partial charge >= 0.3 is 0 Å². The fourth-order valence-electron chi connectivity index (χ4n) is 2.02. The molecule has 68 valence electrons. The van der Waals surface area contributed by atoms with Gasteiger partial charge in [0.15, 0.2) is 0 Å². The maximum absolute atomic E-state index is 4.34. The van der Waals surface area contributed by atoms with E-state index < -0.39 is 0 Å². The first-order chi connectivity index (χ1) is 6.31. The Bertz CT molecular complexity index is 350. The maximum atomic E-state index is 4.34. The summed E-state index contributed by atoms with van der Waals surface area (Å²) < 4.78 is 0. The van der Waals surface area contributed by atoms with Crippen molar-refractivity contribution in [1.82, 2.24) is 0 Å². The van der Waals surface area contributed by atoms with E-state index in [9.17, 15) is 0 Å². The summed E-state index contributed by atoms with van der Waals surface area (Å²) in [4.78, 5) is 4.34. The summed E-state index contributed by atoms with van der Waals surface area (Å²) in [5, 5.41) is 0. The topological polar surface area (TPSA) is 12.4 Å². The highest BCUT2D eigenvalue weighted by atomic mass is 14.7. The lowest BCUT2D eigenvalue weighted by Gasteiger charge is -2.17. The van der Waals surface area contributed by atoms with Gasteiger partial charge < -0.3 is 0 Å². The standard InChI is InChI=1S/C12H15N/c1-9-6-7-11-10(8-9)4-3-5-12(11)13-2/h6-8H,3-5H2,1-2H3/b13-12+. The SMILES string of the molecule is C/N=C1\CCCc2cc(C)ccc21. The van der Waals surface area contributed by atoms with Crippen LogP contribution in [0, 0.1) is 6.92 Å². The molecule has 0 fully saturated rings. The Kier molecular flexibility index (Phi) is 2.17. The van der Waals surface area contributed by atoms with Crippen molar-refractivity contribution in [1.29, 1.82) is 0 Å². The van der Waals surface area contributed by atoms with E-state index in [1.54, 1.807) is 0 Å². The Balaban J connectivity index is 2.52. The van der Waals surface area contributed by atoms with Crippen LogP contribution in [0.4, 0.5) is 0 Å². The number of aliphatic imine (C=N–C) groups is 1. The lowest BCUT2D eigenvalue weighted by atomic mass is 9.89. The van der Waals surface area contributed by atoms with Crippen molar-refractivity contribution < 1.29 is 0 Å². The van der Waals surface area contributed by atoms with Crippen LogP contribution in [-0.2, 0) is 6.42 Å². The van der Waals surface area contributed by atoms with Gasteiger partial charge in [0.25, 0.3) is 0 Å². The average Bonchev–Trinajstić information content (AvgIpc) is 2.16. The van der Waals surface area contributed by atoms with Gasteiger partial charge in [0.1, 0.15) is 0 Å². The molecular weight excluding hydrogens is 158 g/mol. The van der Waals surface area contributed by atoms with E-state index in [0.717, 1.165) is 6.42 Å². The van der Waals surface area contributed by atoms with E-state index in [2.05, 4.69) is 30.1 Å². The normalized spacial score (nSPS) is 18.8. The van der Waals surface area contributed by atoms with Crippen molar-refractivity contribution in [2.24, 2.45) is 4.99 Å². The Morgan fingerprint density at radius 1 is 1.23 bits per heavy atom. The molecule has 1 aromatic rings. The van der Waals surface area contributed by atoms with Crippen LogP contribution in [0.3, 0.4) is 0 Å². The largest absolute Gasteiger partial charge is 0.292 e. The Hall–Kier alpha value is -1.11. The zero-order valence-corrected chi connectivity index (χ0v) is 8.30. The molecule has 1 aliphatic rings. The molecule has 0 atom stereocenters. The minimum absolute atomic E-state index is 1.15. The summed E-state index contributed by atoms with van der Waals surface area (Å²) in [5.74, 6) is 0. The second-order valence-electron chi connectivity index (χ2n) is 3.68. The summed E-state index contributed by atoms with van der Waals surface area (Å²) in [6.07, 6.45) is 3.62. The first kappa shape index (κ1) is 8.49. The molecule has 0 unspecified atom stereocenters. The average molecular weight is 173 g/mol. The second-order valence-corrected chi connectivity index (χ2v) is 3.68. The van der Waals surface area contributed by atoms with Crippen LogP contribution in [0.1, 0.15) is 29.5 Å². The molecule has 1 heteroatoms. The zero-order chi connectivity index (χ0) is 9.26. The van der Waals surface area contributed by atoms with Crippen molar-refractivity contribution in [2.75, 3.05) is 7.05 Å². The fourth-order valence-corrected chi connectivity index (χ4v) is 2.02. The minimum atomic E-state index is 1.15. The molecule has 0 saturated heterocycles. The highest BCUT2D eigenvalue weighted by Crippen LogP contribution is 2.22. The fraction of sp³-hybridized carbons (Fsp3) is 0.417. The third-order valence-corrected chi connectivity index (χ3v) is 2.70. The van der Waals surface area contributed by atoms with Gasteiger partial charge in [-0.2, -0.15) is 0 Å². The molecule has 0 bridgehead atoms. The van der Waals surface area contributed by atoms with Crippen molar-refractivity contribution >= 4 is 5.71 Å². The molecule has 1 nitrogen and oxygen atoms in total. The highest BCUT2D eigenvalue weighted by Gasteiger charge is 2.13. The Morgan fingerprint density at radius 3 is 2.85 bits per heavy atom. The van der Waals surface area contributed by atoms with Gasteiger partial charge in [-0.25, -0.2) is 0 Å². The first-order valence-corrected chi connectivity index (χ1v) is 4.87. The molecule has 1 aromatic carbocycles. The minimum Gasteiger partial charge on any atom is -0.292 e. The second kappa shape index (κ2) is 3.33. The molecule has 2 rings (SSSR count). The summed E-state index contributed by atoms with van der Waals surface area (Å²) in [7, 11) is 1.89. The number of rotatable bonds is 0. The van der Waals surface area contributed by atoms with Crippen LogP contribution in [0.15, 0.2) is 23.2 Å². The third kappa shape index (κ3) is 1.51. The summed E-state index contributed by atoms with van der Waals surface area (Å²) in [6, 6.07) is 6.68. The van der Waals surface area contributed by atoms with Gasteiger partial charge in [-0.3, -0.25) is 4.99 Å². The molecule has 0 spiro atoms. The van der Waals surface area contributed by atoms with Crippen LogP contribution in [-0.4, -0.2) is 12.8 Å². The van der Waals surface area contributed by atoms with Crippen LogP contribution in [0.2, 0.25) is 0 Å². The van der Waals surface area contributed by atoms with Crippen LogP contribution in [0.25, 0.3) is 0 Å². The molecule has 13 heavy (non-hydrogen) atoms. The van der Waals surface area contributed by atoms with Crippen molar-refractivity contribution in [3.8, 4) is 0 Å². The number of nitrogens with zero attached hydrogens (tertiary/aromatic N) is 1. The summed E-state index contributed by atoms with van der Waals surface area (Å²) in [6.45, 7) is 2.15. The molecule has 1 aliphatic carbocycles. The van der Waals surface area contributed by atoms with Gasteiger partial charge in [0, 0.05) is 12.8 Å². The van der Waals surface area contributed by atoms with Crippen LogP contribution < -0.4 is 0 Å².